The van der Waals surface area contributed by atoms with Gasteiger partial charge in [0.05, 0.1) is 24.3 Å². The fraction of sp³-hybridized carbons (Fsp3) is 0.417. The predicted octanol–water partition coefficient (Wildman–Crippen LogP) is 0.994. The number of hydrogen-bond donors (Lipinski definition) is 2. The summed E-state index contributed by atoms with van der Waals surface area (Å²) < 4.78 is 27.0. The van der Waals surface area contributed by atoms with E-state index in [9.17, 15) is 13.2 Å². The van der Waals surface area contributed by atoms with Gasteiger partial charge in [0, 0.05) is 17.7 Å². The Bertz CT molecular complexity index is 573. The lowest BCUT2D eigenvalue weighted by Crippen LogP contribution is -2.16. The third-order valence-electron chi connectivity index (χ3n) is 2.33. The number of nitrogens with one attached hydrogen (secondary N) is 1. The molecule has 0 spiro atoms. The summed E-state index contributed by atoms with van der Waals surface area (Å²) in [6.45, 7) is 0. The lowest BCUT2D eigenvalue weighted by molar-refractivity contribution is -0.113. The molecule has 0 saturated carbocycles. The van der Waals surface area contributed by atoms with Gasteiger partial charge in [-0.3, -0.25) is 4.79 Å². The summed E-state index contributed by atoms with van der Waals surface area (Å²) in [6.07, 6.45) is 1.17. The number of rotatable bonds is 7. The number of benzene rings is 1. The Balaban J connectivity index is 2.48. The number of hydrogen-bond acceptors (Lipinski definition) is 6. The van der Waals surface area contributed by atoms with E-state index >= 15 is 0 Å². The van der Waals surface area contributed by atoms with Gasteiger partial charge in [0.25, 0.3) is 0 Å². The Hall–Kier alpha value is -1.41. The second-order valence-electron chi connectivity index (χ2n) is 4.19. The van der Waals surface area contributed by atoms with Crippen molar-refractivity contribution in [1.29, 1.82) is 0 Å². The van der Waals surface area contributed by atoms with E-state index in [2.05, 4.69) is 5.32 Å². The Morgan fingerprint density at radius 3 is 2.75 bits per heavy atom. The maximum Gasteiger partial charge on any atom is 0.234 e. The zero-order valence-electron chi connectivity index (χ0n) is 11.4. The fourth-order valence-corrected chi connectivity index (χ4v) is 3.47. The minimum atomic E-state index is -2.99. The molecule has 1 amide bonds. The first-order valence-electron chi connectivity index (χ1n) is 5.80. The van der Waals surface area contributed by atoms with E-state index in [0.29, 0.717) is 22.9 Å². The Morgan fingerprint density at radius 2 is 2.15 bits per heavy atom. The fourth-order valence-electron chi connectivity index (χ4n) is 1.38. The molecule has 0 bridgehead atoms. The zero-order valence-corrected chi connectivity index (χ0v) is 13.0. The number of anilines is 2. The van der Waals surface area contributed by atoms with Crippen molar-refractivity contribution in [2.45, 2.75) is 0 Å². The molecule has 0 aliphatic rings. The van der Waals surface area contributed by atoms with Gasteiger partial charge in [-0.15, -0.1) is 0 Å². The van der Waals surface area contributed by atoms with Gasteiger partial charge >= 0.3 is 0 Å². The largest absolute Gasteiger partial charge is 0.495 e. The van der Waals surface area contributed by atoms with Crippen LogP contribution in [0.2, 0.25) is 0 Å². The van der Waals surface area contributed by atoms with Crippen molar-refractivity contribution >= 4 is 38.9 Å². The third kappa shape index (κ3) is 6.16. The Morgan fingerprint density at radius 1 is 1.45 bits per heavy atom. The predicted molar refractivity (Wildman–Crippen MR) is 83.1 cm³/mol. The number of ether oxygens (including phenoxy) is 1. The van der Waals surface area contributed by atoms with Crippen LogP contribution in [0.3, 0.4) is 0 Å². The summed E-state index contributed by atoms with van der Waals surface area (Å²) in [5.74, 6) is 0.918. The minimum absolute atomic E-state index is 0.0621. The first kappa shape index (κ1) is 16.6. The highest BCUT2D eigenvalue weighted by atomic mass is 32.2. The Labute approximate surface area is 123 Å². The second-order valence-corrected chi connectivity index (χ2v) is 7.56. The topological polar surface area (TPSA) is 98.5 Å². The molecule has 20 heavy (non-hydrogen) atoms. The molecule has 0 atom stereocenters. The molecule has 0 fully saturated rings. The van der Waals surface area contributed by atoms with Gasteiger partial charge in [-0.2, -0.15) is 11.8 Å². The molecule has 3 N–H and O–H groups in total. The molecule has 1 aromatic rings. The summed E-state index contributed by atoms with van der Waals surface area (Å²) in [5, 5.41) is 2.69. The molecule has 0 radical (unpaired) electrons. The summed E-state index contributed by atoms with van der Waals surface area (Å²) in [7, 11) is -1.48. The smallest absolute Gasteiger partial charge is 0.234 e. The van der Waals surface area contributed by atoms with E-state index in [0.717, 1.165) is 0 Å². The summed E-state index contributed by atoms with van der Waals surface area (Å²) in [5.41, 5.74) is 6.67. The van der Waals surface area contributed by atoms with Gasteiger partial charge in [-0.25, -0.2) is 8.42 Å². The molecule has 0 aliphatic heterocycles. The van der Waals surface area contributed by atoms with Gasteiger partial charge in [0.15, 0.2) is 0 Å². The van der Waals surface area contributed by atoms with Crippen molar-refractivity contribution < 1.29 is 17.9 Å². The zero-order chi connectivity index (χ0) is 15.2. The highest BCUT2D eigenvalue weighted by Gasteiger charge is 2.09. The Kier molecular flexibility index (Phi) is 6.15. The van der Waals surface area contributed by atoms with Gasteiger partial charge in [0.2, 0.25) is 5.91 Å². The normalized spacial score (nSPS) is 11.1. The quantitative estimate of drug-likeness (QED) is 0.575. The van der Waals surface area contributed by atoms with Crippen molar-refractivity contribution in [1.82, 2.24) is 0 Å². The number of sulfone groups is 1. The number of thioether (sulfide) groups is 1. The molecule has 0 saturated heterocycles. The van der Waals surface area contributed by atoms with Crippen molar-refractivity contribution in [3.8, 4) is 5.75 Å². The van der Waals surface area contributed by atoms with Crippen LogP contribution >= 0.6 is 11.8 Å². The highest BCUT2D eigenvalue weighted by molar-refractivity contribution is 8.01. The number of amides is 1. The molecule has 6 nitrogen and oxygen atoms in total. The SMILES string of the molecule is COc1ccc(N)cc1NC(=O)CSCCS(C)(=O)=O. The van der Waals surface area contributed by atoms with Gasteiger partial charge in [-0.05, 0) is 18.2 Å². The average Bonchev–Trinajstić information content (AvgIpc) is 2.34. The second kappa shape index (κ2) is 7.39. The van der Waals surface area contributed by atoms with Crippen molar-refractivity contribution in [2.75, 3.05) is 41.7 Å². The summed E-state index contributed by atoms with van der Waals surface area (Å²) in [6, 6.07) is 4.95. The van der Waals surface area contributed by atoms with Gasteiger partial charge in [-0.1, -0.05) is 0 Å². The van der Waals surface area contributed by atoms with Crippen molar-refractivity contribution in [3.63, 3.8) is 0 Å². The lowest BCUT2D eigenvalue weighted by Gasteiger charge is -2.10. The monoisotopic (exact) mass is 318 g/mol. The van der Waals surface area contributed by atoms with E-state index in [4.69, 9.17) is 10.5 Å². The molecular formula is C12H18N2O4S2. The van der Waals surface area contributed by atoms with E-state index < -0.39 is 9.84 Å². The maximum absolute atomic E-state index is 11.7. The van der Waals surface area contributed by atoms with Crippen LogP contribution in [0, 0.1) is 0 Å². The standard InChI is InChI=1S/C12H18N2O4S2/c1-18-11-4-3-9(13)7-10(11)14-12(15)8-19-5-6-20(2,16)17/h3-4,7H,5-6,8,13H2,1-2H3,(H,14,15). The maximum atomic E-state index is 11.7. The van der Waals surface area contributed by atoms with E-state index in [1.807, 2.05) is 0 Å². The van der Waals surface area contributed by atoms with Crippen LogP contribution in [0.4, 0.5) is 11.4 Å². The number of carbonyl (C=O) groups excluding carboxylic acids is 1. The van der Waals surface area contributed by atoms with Crippen LogP contribution in [-0.2, 0) is 14.6 Å². The molecule has 0 heterocycles. The van der Waals surface area contributed by atoms with Crippen molar-refractivity contribution in [3.05, 3.63) is 18.2 Å². The average molecular weight is 318 g/mol. The van der Waals surface area contributed by atoms with Crippen LogP contribution in [0.25, 0.3) is 0 Å². The molecule has 0 aliphatic carbocycles. The number of nitrogen functional groups attached to an aromatic ring is 1. The number of methoxy groups -OCH3 is 1. The molecule has 1 aromatic carbocycles. The third-order valence-corrected chi connectivity index (χ3v) is 4.49. The molecular weight excluding hydrogens is 300 g/mol. The van der Waals surface area contributed by atoms with Crippen LogP contribution < -0.4 is 15.8 Å². The van der Waals surface area contributed by atoms with Crippen LogP contribution in [0.1, 0.15) is 0 Å². The molecule has 112 valence electrons. The van der Waals surface area contributed by atoms with Crippen LogP contribution in [0.15, 0.2) is 18.2 Å². The van der Waals surface area contributed by atoms with E-state index in [1.54, 1.807) is 18.2 Å². The first-order chi connectivity index (χ1) is 9.31. The summed E-state index contributed by atoms with van der Waals surface area (Å²) >= 11 is 1.26. The molecule has 8 heteroatoms. The van der Waals surface area contributed by atoms with Crippen molar-refractivity contribution in [2.24, 2.45) is 0 Å². The first-order valence-corrected chi connectivity index (χ1v) is 9.02. The van der Waals surface area contributed by atoms with Crippen LogP contribution in [-0.4, -0.2) is 44.9 Å². The van der Waals surface area contributed by atoms with Gasteiger partial charge in [0.1, 0.15) is 15.6 Å². The molecule has 0 aromatic heterocycles. The number of carbonyl (C=O) groups is 1. The minimum Gasteiger partial charge on any atom is -0.495 e. The number of nitrogens with two attached hydrogens (primary N) is 1. The summed E-state index contributed by atoms with van der Waals surface area (Å²) in [4.78, 5) is 11.7. The lowest BCUT2D eigenvalue weighted by atomic mass is 10.2. The van der Waals surface area contributed by atoms with E-state index in [1.165, 1.54) is 25.1 Å². The molecule has 1 rings (SSSR count). The van der Waals surface area contributed by atoms with Gasteiger partial charge < -0.3 is 15.8 Å². The van der Waals surface area contributed by atoms with E-state index in [-0.39, 0.29) is 17.4 Å². The molecule has 0 unspecified atom stereocenters. The van der Waals surface area contributed by atoms with Crippen LogP contribution in [0.5, 0.6) is 5.75 Å². The highest BCUT2D eigenvalue weighted by Crippen LogP contribution is 2.26.